The van der Waals surface area contributed by atoms with E-state index in [1.54, 1.807) is 7.05 Å². The predicted octanol–water partition coefficient (Wildman–Crippen LogP) is 3.89. The van der Waals surface area contributed by atoms with Gasteiger partial charge in [0.05, 0.1) is 13.1 Å². The predicted molar refractivity (Wildman–Crippen MR) is 116 cm³/mol. The average molecular weight is 387 g/mol. The molecule has 4 aromatic rings. The zero-order valence-corrected chi connectivity index (χ0v) is 16.7. The summed E-state index contributed by atoms with van der Waals surface area (Å²) in [6, 6.07) is 20.5. The summed E-state index contributed by atoms with van der Waals surface area (Å²) in [5.41, 5.74) is 2.15. The number of aliphatic imine (C=N–C) groups is 1. The van der Waals surface area contributed by atoms with E-state index < -0.39 is 0 Å². The van der Waals surface area contributed by atoms with E-state index in [9.17, 15) is 0 Å². The molecule has 0 aliphatic carbocycles. The zero-order chi connectivity index (χ0) is 20.1. The van der Waals surface area contributed by atoms with Crippen molar-refractivity contribution in [1.82, 2.24) is 19.8 Å². The number of aromatic nitrogens is 2. The van der Waals surface area contributed by atoms with E-state index in [0.717, 1.165) is 35.1 Å². The Balaban J connectivity index is 1.39. The highest BCUT2D eigenvalue weighted by molar-refractivity contribution is 5.80. The van der Waals surface area contributed by atoms with Gasteiger partial charge in [-0.3, -0.25) is 4.99 Å². The molecular formula is C23H25N5O. The number of imidazole rings is 1. The van der Waals surface area contributed by atoms with Crippen LogP contribution in [0, 0.1) is 0 Å². The molecule has 0 unspecified atom stereocenters. The van der Waals surface area contributed by atoms with Crippen molar-refractivity contribution in [3.05, 3.63) is 90.2 Å². The summed E-state index contributed by atoms with van der Waals surface area (Å²) in [7, 11) is 3.78. The number of hydrogen-bond acceptors (Lipinski definition) is 3. The molecule has 0 aliphatic heterocycles. The third kappa shape index (κ3) is 4.48. The summed E-state index contributed by atoms with van der Waals surface area (Å²) >= 11 is 0. The molecule has 4 rings (SSSR count). The van der Waals surface area contributed by atoms with E-state index in [1.165, 1.54) is 5.56 Å². The fraction of sp³-hybridized carbons (Fsp3) is 0.217. The van der Waals surface area contributed by atoms with Crippen LogP contribution in [0.3, 0.4) is 0 Å². The third-order valence-corrected chi connectivity index (χ3v) is 4.84. The topological polar surface area (TPSA) is 58.6 Å². The lowest BCUT2D eigenvalue weighted by Gasteiger charge is -2.21. The number of fused-ring (bicyclic) bond motifs is 1. The Kier molecular flexibility index (Phi) is 5.61. The fourth-order valence-electron chi connectivity index (χ4n) is 3.40. The van der Waals surface area contributed by atoms with Crippen LogP contribution in [0.1, 0.15) is 17.1 Å². The van der Waals surface area contributed by atoms with Gasteiger partial charge in [-0.2, -0.15) is 0 Å². The van der Waals surface area contributed by atoms with Crippen LogP contribution in [0.25, 0.3) is 11.0 Å². The maximum atomic E-state index is 5.93. The highest BCUT2D eigenvalue weighted by Gasteiger charge is 2.12. The molecule has 0 spiro atoms. The molecule has 0 atom stereocenters. The Labute approximate surface area is 170 Å². The van der Waals surface area contributed by atoms with Crippen LogP contribution in [0.5, 0.6) is 0 Å². The van der Waals surface area contributed by atoms with Gasteiger partial charge < -0.3 is 19.2 Å². The number of benzene rings is 2. The SMILES string of the molecule is CN=C(NCc1nccn1Cc1ccccc1)N(C)Cc1cc2ccccc2o1. The summed E-state index contributed by atoms with van der Waals surface area (Å²) in [6.07, 6.45) is 3.84. The lowest BCUT2D eigenvalue weighted by atomic mass is 10.2. The van der Waals surface area contributed by atoms with Gasteiger partial charge in [0.25, 0.3) is 0 Å². The molecule has 6 nitrogen and oxygen atoms in total. The quantitative estimate of drug-likeness (QED) is 0.403. The Morgan fingerprint density at radius 2 is 1.93 bits per heavy atom. The van der Waals surface area contributed by atoms with E-state index in [4.69, 9.17) is 4.42 Å². The molecule has 2 aromatic carbocycles. The molecule has 0 amide bonds. The van der Waals surface area contributed by atoms with E-state index in [1.807, 2.05) is 48.6 Å². The summed E-state index contributed by atoms with van der Waals surface area (Å²) < 4.78 is 8.08. The van der Waals surface area contributed by atoms with Crippen molar-refractivity contribution in [2.45, 2.75) is 19.6 Å². The number of para-hydroxylation sites is 1. The standard InChI is InChI=1S/C23H25N5O/c1-24-23(27(2)17-20-14-19-10-6-7-11-21(19)29-20)26-15-22-25-12-13-28(22)16-18-8-4-3-5-9-18/h3-14H,15-17H2,1-2H3,(H,24,26). The molecule has 0 saturated heterocycles. The van der Waals surface area contributed by atoms with Gasteiger partial charge in [0.15, 0.2) is 5.96 Å². The molecule has 2 aromatic heterocycles. The van der Waals surface area contributed by atoms with Crippen molar-refractivity contribution in [2.75, 3.05) is 14.1 Å². The fourth-order valence-corrected chi connectivity index (χ4v) is 3.40. The van der Waals surface area contributed by atoms with Crippen LogP contribution in [-0.4, -0.2) is 34.5 Å². The van der Waals surface area contributed by atoms with Crippen LogP contribution >= 0.6 is 0 Å². The van der Waals surface area contributed by atoms with E-state index in [-0.39, 0.29) is 0 Å². The maximum absolute atomic E-state index is 5.93. The monoisotopic (exact) mass is 387 g/mol. The molecule has 0 fully saturated rings. The second-order valence-corrected chi connectivity index (χ2v) is 6.96. The van der Waals surface area contributed by atoms with Crippen LogP contribution in [0.4, 0.5) is 0 Å². The molecule has 29 heavy (non-hydrogen) atoms. The summed E-state index contributed by atoms with van der Waals surface area (Å²) in [6.45, 7) is 2.02. The number of hydrogen-bond donors (Lipinski definition) is 1. The molecule has 0 bridgehead atoms. The van der Waals surface area contributed by atoms with Gasteiger partial charge in [0.1, 0.15) is 17.2 Å². The first-order chi connectivity index (χ1) is 14.2. The lowest BCUT2D eigenvalue weighted by Crippen LogP contribution is -2.38. The van der Waals surface area contributed by atoms with E-state index >= 15 is 0 Å². The lowest BCUT2D eigenvalue weighted by molar-refractivity contribution is 0.411. The van der Waals surface area contributed by atoms with Crippen molar-refractivity contribution in [1.29, 1.82) is 0 Å². The summed E-state index contributed by atoms with van der Waals surface area (Å²) in [5.74, 6) is 2.66. The minimum Gasteiger partial charge on any atom is -0.459 e. The molecule has 6 heteroatoms. The molecule has 0 saturated carbocycles. The first kappa shape index (κ1) is 18.8. The third-order valence-electron chi connectivity index (χ3n) is 4.84. The number of furan rings is 1. The van der Waals surface area contributed by atoms with E-state index in [0.29, 0.717) is 13.1 Å². The minimum atomic E-state index is 0.594. The maximum Gasteiger partial charge on any atom is 0.194 e. The highest BCUT2D eigenvalue weighted by Crippen LogP contribution is 2.19. The van der Waals surface area contributed by atoms with Gasteiger partial charge >= 0.3 is 0 Å². The number of rotatable bonds is 6. The molecule has 0 radical (unpaired) electrons. The van der Waals surface area contributed by atoms with Gasteiger partial charge in [-0.05, 0) is 17.7 Å². The second-order valence-electron chi connectivity index (χ2n) is 6.96. The molecule has 148 valence electrons. The molecule has 2 heterocycles. The Hall–Kier alpha value is -3.54. The van der Waals surface area contributed by atoms with Crippen LogP contribution < -0.4 is 5.32 Å². The van der Waals surface area contributed by atoms with Gasteiger partial charge in [-0.1, -0.05) is 48.5 Å². The number of nitrogens with zero attached hydrogens (tertiary/aromatic N) is 4. The Morgan fingerprint density at radius 1 is 1.14 bits per heavy atom. The van der Waals surface area contributed by atoms with Gasteiger partial charge in [-0.15, -0.1) is 0 Å². The highest BCUT2D eigenvalue weighted by atomic mass is 16.3. The van der Waals surface area contributed by atoms with Gasteiger partial charge in [0.2, 0.25) is 0 Å². The Morgan fingerprint density at radius 3 is 2.72 bits per heavy atom. The van der Waals surface area contributed by atoms with Crippen LogP contribution in [0.2, 0.25) is 0 Å². The second kappa shape index (κ2) is 8.65. The smallest absolute Gasteiger partial charge is 0.194 e. The van der Waals surface area contributed by atoms with Crippen LogP contribution in [0.15, 0.2) is 82.5 Å². The zero-order valence-electron chi connectivity index (χ0n) is 16.7. The van der Waals surface area contributed by atoms with E-state index in [2.05, 4.69) is 56.3 Å². The normalized spacial score (nSPS) is 11.7. The Bertz CT molecular complexity index is 1060. The molecule has 0 aliphatic rings. The first-order valence-electron chi connectivity index (χ1n) is 9.66. The number of guanidine groups is 1. The minimum absolute atomic E-state index is 0.594. The largest absolute Gasteiger partial charge is 0.459 e. The summed E-state index contributed by atoms with van der Waals surface area (Å²) in [5, 5.41) is 4.52. The molecule has 1 N–H and O–H groups in total. The number of nitrogens with one attached hydrogen (secondary N) is 1. The first-order valence-corrected chi connectivity index (χ1v) is 9.66. The van der Waals surface area contributed by atoms with Crippen molar-refractivity contribution < 1.29 is 4.42 Å². The summed E-state index contributed by atoms with van der Waals surface area (Å²) in [4.78, 5) is 10.9. The molecular weight excluding hydrogens is 362 g/mol. The average Bonchev–Trinajstić information content (AvgIpc) is 3.35. The van der Waals surface area contributed by atoms with Crippen LogP contribution in [-0.2, 0) is 19.6 Å². The van der Waals surface area contributed by atoms with Crippen molar-refractivity contribution in [3.63, 3.8) is 0 Å². The van der Waals surface area contributed by atoms with Gasteiger partial charge in [0, 0.05) is 38.4 Å². The van der Waals surface area contributed by atoms with Crippen molar-refractivity contribution in [2.24, 2.45) is 4.99 Å². The van der Waals surface area contributed by atoms with Crippen molar-refractivity contribution >= 4 is 16.9 Å². The van der Waals surface area contributed by atoms with Crippen molar-refractivity contribution in [3.8, 4) is 0 Å². The van der Waals surface area contributed by atoms with Gasteiger partial charge in [-0.25, -0.2) is 4.98 Å².